The Morgan fingerprint density at radius 1 is 1.25 bits per heavy atom. The number of anilines is 1. The number of hydrogen-bond acceptors (Lipinski definition) is 6. The van der Waals surface area contributed by atoms with Gasteiger partial charge in [0.2, 0.25) is 0 Å². The average Bonchev–Trinajstić information content (AvgIpc) is 2.78. The summed E-state index contributed by atoms with van der Waals surface area (Å²) in [4.78, 5) is 16.8. The number of benzene rings is 1. The third-order valence-corrected chi connectivity index (χ3v) is 6.24. The molecule has 0 fully saturated rings. The fourth-order valence-corrected chi connectivity index (χ4v) is 3.73. The summed E-state index contributed by atoms with van der Waals surface area (Å²) in [6.45, 7) is 6.51. The number of hydrogen-bond donors (Lipinski definition) is 3. The van der Waals surface area contributed by atoms with Gasteiger partial charge in [0.25, 0.3) is 5.91 Å². The van der Waals surface area contributed by atoms with Crippen LogP contribution >= 0.6 is 0 Å². The number of allylic oxidation sites excluding steroid dienone is 2. The molecule has 1 aromatic carbocycles. The Morgan fingerprint density at radius 3 is 2.28 bits per heavy atom. The van der Waals surface area contributed by atoms with Crippen LogP contribution in [0.5, 0.6) is 0 Å². The molecule has 0 saturated carbocycles. The van der Waals surface area contributed by atoms with Gasteiger partial charge in [0.1, 0.15) is 17.2 Å². The number of sulfone groups is 1. The minimum Gasteiger partial charge on any atom is -0.404 e. The number of pyridine rings is 1. The van der Waals surface area contributed by atoms with Crippen molar-refractivity contribution >= 4 is 21.6 Å². The molecule has 2 aromatic rings. The third kappa shape index (κ3) is 5.30. The fourth-order valence-electron chi connectivity index (χ4n) is 3.10. The summed E-state index contributed by atoms with van der Waals surface area (Å²) in [5, 5.41) is 13.8. The highest BCUT2D eigenvalue weighted by Gasteiger charge is 2.30. The Morgan fingerprint density at radius 2 is 1.84 bits per heavy atom. The molecular formula is C23H26FN3O4S. The van der Waals surface area contributed by atoms with Crippen LogP contribution in [0.15, 0.2) is 83.3 Å². The molecule has 0 aliphatic rings. The largest absolute Gasteiger partial charge is 0.404 e. The molecule has 1 aromatic heterocycles. The maximum absolute atomic E-state index is 13.7. The number of carbonyl (C=O) groups is 1. The fraction of sp³-hybridized carbons (Fsp3) is 0.217. The van der Waals surface area contributed by atoms with E-state index < -0.39 is 27.2 Å². The number of nitrogens with one attached hydrogen (secondary N) is 1. The van der Waals surface area contributed by atoms with Gasteiger partial charge in [0.05, 0.1) is 10.5 Å². The van der Waals surface area contributed by atoms with Crippen LogP contribution in [-0.2, 0) is 20.2 Å². The summed E-state index contributed by atoms with van der Waals surface area (Å²) in [6, 6.07) is 9.07. The van der Waals surface area contributed by atoms with E-state index in [1.807, 2.05) is 0 Å². The van der Waals surface area contributed by atoms with Crippen molar-refractivity contribution in [2.45, 2.75) is 30.8 Å². The Kier molecular flexibility index (Phi) is 7.71. The minimum absolute atomic E-state index is 0.0366. The Bertz CT molecular complexity index is 1170. The number of halogens is 1. The monoisotopic (exact) mass is 459 g/mol. The number of nitrogens with zero attached hydrogens (tertiary/aromatic N) is 1. The maximum atomic E-state index is 13.7. The molecule has 9 heteroatoms. The third-order valence-electron chi connectivity index (χ3n) is 5.11. The second-order valence-corrected chi connectivity index (χ2v) is 9.17. The van der Waals surface area contributed by atoms with E-state index in [0.29, 0.717) is 17.5 Å². The van der Waals surface area contributed by atoms with E-state index in [9.17, 15) is 22.7 Å². The van der Waals surface area contributed by atoms with Crippen molar-refractivity contribution in [3.8, 4) is 0 Å². The van der Waals surface area contributed by atoms with Crippen LogP contribution in [0.1, 0.15) is 31.4 Å². The van der Waals surface area contributed by atoms with Crippen LogP contribution in [0.3, 0.4) is 0 Å². The molecule has 170 valence electrons. The smallest absolute Gasteiger partial charge is 0.258 e. The van der Waals surface area contributed by atoms with Crippen molar-refractivity contribution in [1.29, 1.82) is 0 Å². The topological polar surface area (TPSA) is 122 Å². The summed E-state index contributed by atoms with van der Waals surface area (Å²) in [7, 11) is -3.36. The molecule has 0 saturated heterocycles. The summed E-state index contributed by atoms with van der Waals surface area (Å²) >= 11 is 0. The van der Waals surface area contributed by atoms with E-state index in [2.05, 4.69) is 16.9 Å². The average molecular weight is 460 g/mol. The molecule has 2 rings (SSSR count). The lowest BCUT2D eigenvalue weighted by molar-refractivity contribution is -0.112. The lowest BCUT2D eigenvalue weighted by atomic mass is 9.85. The van der Waals surface area contributed by atoms with Crippen LogP contribution in [0.25, 0.3) is 0 Å². The van der Waals surface area contributed by atoms with Crippen LogP contribution in [-0.4, -0.2) is 30.7 Å². The predicted octanol–water partition coefficient (Wildman–Crippen LogP) is 3.34. The van der Waals surface area contributed by atoms with Gasteiger partial charge in [0.15, 0.2) is 9.84 Å². The molecule has 0 aliphatic heterocycles. The van der Waals surface area contributed by atoms with E-state index in [1.54, 1.807) is 25.1 Å². The number of aromatic nitrogens is 1. The number of carbonyl (C=O) groups excluding carboxylic acids is 1. The number of nitrogens with two attached hydrogens (primary N) is 1. The first-order chi connectivity index (χ1) is 15.0. The molecule has 0 bridgehead atoms. The zero-order chi connectivity index (χ0) is 24.1. The summed E-state index contributed by atoms with van der Waals surface area (Å²) < 4.78 is 37.1. The van der Waals surface area contributed by atoms with Crippen LogP contribution < -0.4 is 11.1 Å². The zero-order valence-electron chi connectivity index (χ0n) is 18.1. The highest BCUT2D eigenvalue weighted by Crippen LogP contribution is 2.33. The molecule has 0 aliphatic carbocycles. The quantitative estimate of drug-likeness (QED) is 0.411. The van der Waals surface area contributed by atoms with Crippen LogP contribution in [0.4, 0.5) is 10.2 Å². The first-order valence-electron chi connectivity index (χ1n) is 9.69. The number of rotatable bonds is 8. The standard InChI is InChI=1S/C23H26FN3O4S/c1-5-20(24)15(3)19(13-25)22(28)27-21-12-9-17(14-26-21)23(29,6-2)16-7-10-18(11-8-16)32(4,30)31/h5,7-14,29H,1,6,25H2,2-4H3,(H,26,27,28)/b19-13+,20-15+. The van der Waals surface area contributed by atoms with E-state index >= 15 is 0 Å². The SMILES string of the molecule is C=C/C(F)=C(C)\C(=C/N)C(=O)Nc1ccc(C(O)(CC)c2ccc(S(C)(=O)=O)cc2)cn1. The molecule has 0 radical (unpaired) electrons. The van der Waals surface area contributed by atoms with E-state index in [4.69, 9.17) is 5.73 Å². The molecular weight excluding hydrogens is 433 g/mol. The molecule has 32 heavy (non-hydrogen) atoms. The van der Waals surface area contributed by atoms with Crippen molar-refractivity contribution in [1.82, 2.24) is 4.98 Å². The summed E-state index contributed by atoms with van der Waals surface area (Å²) in [6.07, 6.45) is 4.79. The van der Waals surface area contributed by atoms with Gasteiger partial charge in [-0.3, -0.25) is 4.79 Å². The number of amides is 1. The second kappa shape index (κ2) is 9.88. The highest BCUT2D eigenvalue weighted by atomic mass is 32.2. The van der Waals surface area contributed by atoms with E-state index in [1.165, 1.54) is 31.3 Å². The highest BCUT2D eigenvalue weighted by molar-refractivity contribution is 7.90. The lowest BCUT2D eigenvalue weighted by Crippen LogP contribution is -2.26. The molecule has 7 nitrogen and oxygen atoms in total. The maximum Gasteiger partial charge on any atom is 0.258 e. The van der Waals surface area contributed by atoms with Crippen LogP contribution in [0.2, 0.25) is 0 Å². The Labute approximate surface area is 187 Å². The minimum atomic E-state index is -3.36. The van der Waals surface area contributed by atoms with Crippen molar-refractivity contribution in [2.75, 3.05) is 11.6 Å². The van der Waals surface area contributed by atoms with Gasteiger partial charge < -0.3 is 16.2 Å². The molecule has 1 unspecified atom stereocenters. The van der Waals surface area contributed by atoms with Crippen molar-refractivity contribution < 1.29 is 22.7 Å². The molecule has 4 N–H and O–H groups in total. The van der Waals surface area contributed by atoms with Crippen LogP contribution in [0, 0.1) is 0 Å². The van der Waals surface area contributed by atoms with Crippen molar-refractivity contribution in [3.05, 3.63) is 89.5 Å². The first kappa shape index (κ1) is 25.0. The van der Waals surface area contributed by atoms with Crippen molar-refractivity contribution in [3.63, 3.8) is 0 Å². The Hall–Kier alpha value is -3.30. The summed E-state index contributed by atoms with van der Waals surface area (Å²) in [5.74, 6) is -1.14. The molecule has 0 spiro atoms. The summed E-state index contributed by atoms with van der Waals surface area (Å²) in [5.41, 5.74) is 4.98. The molecule has 1 heterocycles. The Balaban J connectivity index is 2.30. The number of aliphatic hydroxyl groups is 1. The predicted molar refractivity (Wildman–Crippen MR) is 122 cm³/mol. The van der Waals surface area contributed by atoms with Gasteiger partial charge in [-0.05, 0) is 48.8 Å². The molecule has 1 atom stereocenters. The van der Waals surface area contributed by atoms with Gasteiger partial charge in [-0.25, -0.2) is 17.8 Å². The zero-order valence-corrected chi connectivity index (χ0v) is 18.9. The normalized spacial score (nSPS) is 14.8. The first-order valence-corrected chi connectivity index (χ1v) is 11.6. The second-order valence-electron chi connectivity index (χ2n) is 7.15. The van der Waals surface area contributed by atoms with Gasteiger partial charge in [-0.1, -0.05) is 31.7 Å². The molecule has 1 amide bonds. The van der Waals surface area contributed by atoms with Gasteiger partial charge in [0, 0.05) is 24.2 Å². The van der Waals surface area contributed by atoms with Crippen molar-refractivity contribution in [2.24, 2.45) is 5.73 Å². The van der Waals surface area contributed by atoms with Gasteiger partial charge >= 0.3 is 0 Å². The lowest BCUT2D eigenvalue weighted by Gasteiger charge is -2.28. The van der Waals surface area contributed by atoms with E-state index in [-0.39, 0.29) is 21.9 Å². The van der Waals surface area contributed by atoms with E-state index in [0.717, 1.165) is 18.5 Å². The van der Waals surface area contributed by atoms with Gasteiger partial charge in [-0.15, -0.1) is 0 Å². The van der Waals surface area contributed by atoms with Gasteiger partial charge in [-0.2, -0.15) is 0 Å².